The van der Waals surface area contributed by atoms with E-state index in [4.69, 9.17) is 0 Å². The maximum atomic E-state index is 12.4. The third kappa shape index (κ3) is 3.32. The fourth-order valence-electron chi connectivity index (χ4n) is 2.64. The molecule has 1 heterocycles. The number of carbonyl (C=O) groups excluding carboxylic acids is 1. The summed E-state index contributed by atoms with van der Waals surface area (Å²) in [5, 5.41) is 6.08. The van der Waals surface area contributed by atoms with Crippen LogP contribution < -0.4 is 16.3 Å². The van der Waals surface area contributed by atoms with Gasteiger partial charge in [0.1, 0.15) is 6.04 Å². The minimum atomic E-state index is -0.396. The van der Waals surface area contributed by atoms with Crippen LogP contribution in [0.2, 0.25) is 0 Å². The van der Waals surface area contributed by atoms with Crippen LogP contribution >= 0.6 is 0 Å². The van der Waals surface area contributed by atoms with Crippen molar-refractivity contribution >= 4 is 28.3 Å². The topological polar surface area (TPSA) is 89.8 Å². The van der Waals surface area contributed by atoms with Crippen LogP contribution in [0, 0.1) is 13.8 Å². The van der Waals surface area contributed by atoms with E-state index < -0.39 is 6.04 Å². The normalized spacial score (nSPS) is 12.1. The predicted octanol–water partition coefficient (Wildman–Crippen LogP) is 2.91. The van der Waals surface area contributed by atoms with Crippen molar-refractivity contribution in [2.24, 2.45) is 0 Å². The molecule has 6 nitrogen and oxygen atoms in total. The molecular formula is C18H20N4O2. The number of hydrogen-bond donors (Lipinski definition) is 4. The van der Waals surface area contributed by atoms with Crippen LogP contribution in [0.15, 0.2) is 41.2 Å². The summed E-state index contributed by atoms with van der Waals surface area (Å²) in [5.41, 5.74) is 4.96. The Morgan fingerprint density at radius 2 is 1.79 bits per heavy atom. The van der Waals surface area contributed by atoms with Crippen molar-refractivity contribution in [1.29, 1.82) is 0 Å². The van der Waals surface area contributed by atoms with E-state index in [1.54, 1.807) is 18.2 Å². The molecule has 4 N–H and O–H groups in total. The smallest absolute Gasteiger partial charge is 0.323 e. The van der Waals surface area contributed by atoms with Gasteiger partial charge in [0.25, 0.3) is 0 Å². The van der Waals surface area contributed by atoms with Crippen molar-refractivity contribution in [2.45, 2.75) is 26.8 Å². The van der Waals surface area contributed by atoms with Crippen LogP contribution in [-0.2, 0) is 4.79 Å². The zero-order valence-corrected chi connectivity index (χ0v) is 13.9. The van der Waals surface area contributed by atoms with Crippen LogP contribution in [0.4, 0.5) is 11.4 Å². The molecule has 0 fully saturated rings. The van der Waals surface area contributed by atoms with Gasteiger partial charge < -0.3 is 20.6 Å². The molecule has 0 spiro atoms. The molecule has 124 valence electrons. The van der Waals surface area contributed by atoms with E-state index in [2.05, 4.69) is 26.7 Å². The monoisotopic (exact) mass is 324 g/mol. The van der Waals surface area contributed by atoms with Gasteiger partial charge in [-0.15, -0.1) is 0 Å². The molecule has 0 saturated heterocycles. The van der Waals surface area contributed by atoms with Gasteiger partial charge in [-0.3, -0.25) is 4.79 Å². The Morgan fingerprint density at radius 1 is 1.04 bits per heavy atom. The minimum absolute atomic E-state index is 0.146. The Hall–Kier alpha value is -3.02. The first kappa shape index (κ1) is 15.9. The summed E-state index contributed by atoms with van der Waals surface area (Å²) in [6.07, 6.45) is 0. The number of H-pyrrole nitrogens is 2. The number of hydrogen-bond acceptors (Lipinski definition) is 3. The molecule has 6 heteroatoms. The number of rotatable bonds is 4. The van der Waals surface area contributed by atoms with Gasteiger partial charge in [0, 0.05) is 11.4 Å². The van der Waals surface area contributed by atoms with E-state index in [1.165, 1.54) is 5.56 Å². The van der Waals surface area contributed by atoms with E-state index >= 15 is 0 Å². The van der Waals surface area contributed by atoms with E-state index in [-0.39, 0.29) is 11.6 Å². The molecule has 2 aromatic carbocycles. The average Bonchev–Trinajstić information content (AvgIpc) is 2.89. The summed E-state index contributed by atoms with van der Waals surface area (Å²) in [6, 6.07) is 10.9. The second-order valence-corrected chi connectivity index (χ2v) is 6.01. The van der Waals surface area contributed by atoms with Gasteiger partial charge in [0.15, 0.2) is 0 Å². The standard InChI is InChI=1S/C18H20N4O2/c1-10-4-6-14(11(2)8-10)19-12(3)17(23)20-13-5-7-15-16(9-13)22-18(24)21-15/h4-9,12,19H,1-3H3,(H,20,23)(H2,21,22,24)/t12-/m0/s1. The molecule has 1 atom stereocenters. The van der Waals surface area contributed by atoms with Gasteiger partial charge in [-0.05, 0) is 50.6 Å². The zero-order valence-electron chi connectivity index (χ0n) is 13.9. The first-order valence-corrected chi connectivity index (χ1v) is 7.79. The van der Waals surface area contributed by atoms with Gasteiger partial charge >= 0.3 is 5.69 Å². The van der Waals surface area contributed by atoms with Gasteiger partial charge in [-0.25, -0.2) is 4.79 Å². The quantitative estimate of drug-likeness (QED) is 0.595. The SMILES string of the molecule is Cc1ccc(N[C@@H](C)C(=O)Nc2ccc3[nH]c(=O)[nH]c3c2)c(C)c1. The van der Waals surface area contributed by atoms with Crippen molar-refractivity contribution in [3.8, 4) is 0 Å². The van der Waals surface area contributed by atoms with E-state index in [1.807, 2.05) is 32.9 Å². The van der Waals surface area contributed by atoms with Crippen molar-refractivity contribution in [2.75, 3.05) is 10.6 Å². The third-order valence-electron chi connectivity index (χ3n) is 3.93. The lowest BCUT2D eigenvalue weighted by Crippen LogP contribution is -2.32. The predicted molar refractivity (Wildman–Crippen MR) is 96.5 cm³/mol. The molecule has 1 amide bonds. The number of anilines is 2. The fraction of sp³-hybridized carbons (Fsp3) is 0.222. The number of aromatic amines is 2. The molecule has 24 heavy (non-hydrogen) atoms. The van der Waals surface area contributed by atoms with Gasteiger partial charge in [-0.2, -0.15) is 0 Å². The lowest BCUT2D eigenvalue weighted by atomic mass is 10.1. The molecule has 0 aliphatic rings. The Morgan fingerprint density at radius 3 is 2.54 bits per heavy atom. The molecule has 3 aromatic rings. The summed E-state index contributed by atoms with van der Waals surface area (Å²) in [4.78, 5) is 29.0. The molecule has 0 unspecified atom stereocenters. The van der Waals surface area contributed by atoms with Gasteiger partial charge in [0.05, 0.1) is 11.0 Å². The Balaban J connectivity index is 1.71. The summed E-state index contributed by atoms with van der Waals surface area (Å²) >= 11 is 0. The molecule has 0 bridgehead atoms. The van der Waals surface area contributed by atoms with Crippen LogP contribution in [-0.4, -0.2) is 21.9 Å². The number of imidazole rings is 1. The number of amides is 1. The number of aryl methyl sites for hydroxylation is 2. The highest BCUT2D eigenvalue weighted by Gasteiger charge is 2.14. The van der Waals surface area contributed by atoms with Gasteiger partial charge in [0.2, 0.25) is 5.91 Å². The lowest BCUT2D eigenvalue weighted by molar-refractivity contribution is -0.116. The second-order valence-electron chi connectivity index (χ2n) is 6.01. The highest BCUT2D eigenvalue weighted by atomic mass is 16.2. The molecule has 3 rings (SSSR count). The van der Waals surface area contributed by atoms with Crippen molar-refractivity contribution < 1.29 is 4.79 Å². The summed E-state index contributed by atoms with van der Waals surface area (Å²) in [7, 11) is 0. The second kappa shape index (κ2) is 6.23. The van der Waals surface area contributed by atoms with Gasteiger partial charge in [-0.1, -0.05) is 17.7 Å². The van der Waals surface area contributed by atoms with Crippen LogP contribution in [0.5, 0.6) is 0 Å². The Kier molecular flexibility index (Phi) is 4.12. The minimum Gasteiger partial charge on any atom is -0.374 e. The van der Waals surface area contributed by atoms with Crippen molar-refractivity contribution in [1.82, 2.24) is 9.97 Å². The first-order chi connectivity index (χ1) is 11.4. The molecule has 0 radical (unpaired) electrons. The van der Waals surface area contributed by atoms with Crippen molar-refractivity contribution in [3.05, 3.63) is 58.0 Å². The summed E-state index contributed by atoms with van der Waals surface area (Å²) in [6.45, 7) is 5.86. The zero-order chi connectivity index (χ0) is 17.3. The Bertz CT molecular complexity index is 955. The highest BCUT2D eigenvalue weighted by molar-refractivity contribution is 5.97. The highest BCUT2D eigenvalue weighted by Crippen LogP contribution is 2.18. The first-order valence-electron chi connectivity index (χ1n) is 7.79. The van der Waals surface area contributed by atoms with E-state index in [0.29, 0.717) is 16.7 Å². The van der Waals surface area contributed by atoms with Crippen LogP contribution in [0.3, 0.4) is 0 Å². The third-order valence-corrected chi connectivity index (χ3v) is 3.93. The molecule has 0 aliphatic carbocycles. The molecule has 1 aromatic heterocycles. The fourth-order valence-corrected chi connectivity index (χ4v) is 2.64. The average molecular weight is 324 g/mol. The molecule has 0 saturated carbocycles. The van der Waals surface area contributed by atoms with Crippen LogP contribution in [0.25, 0.3) is 11.0 Å². The Labute approximate surface area is 139 Å². The van der Waals surface area contributed by atoms with Crippen LogP contribution in [0.1, 0.15) is 18.1 Å². The number of benzene rings is 2. The molecule has 0 aliphatic heterocycles. The number of aromatic nitrogens is 2. The summed E-state index contributed by atoms with van der Waals surface area (Å²) in [5.74, 6) is -0.146. The lowest BCUT2D eigenvalue weighted by Gasteiger charge is -2.17. The van der Waals surface area contributed by atoms with Crippen molar-refractivity contribution in [3.63, 3.8) is 0 Å². The summed E-state index contributed by atoms with van der Waals surface area (Å²) < 4.78 is 0. The number of nitrogens with one attached hydrogen (secondary N) is 4. The number of carbonyl (C=O) groups is 1. The molecular weight excluding hydrogens is 304 g/mol. The largest absolute Gasteiger partial charge is 0.374 e. The maximum absolute atomic E-state index is 12.4. The number of fused-ring (bicyclic) bond motifs is 1. The van der Waals surface area contributed by atoms with E-state index in [9.17, 15) is 9.59 Å². The van der Waals surface area contributed by atoms with E-state index in [0.717, 1.165) is 11.3 Å². The maximum Gasteiger partial charge on any atom is 0.323 e.